The van der Waals surface area contributed by atoms with Gasteiger partial charge in [0, 0.05) is 21.3 Å². The molecule has 3 aromatic rings. The first-order valence-corrected chi connectivity index (χ1v) is 7.53. The summed E-state index contributed by atoms with van der Waals surface area (Å²) in [5.74, 6) is 0. The second-order valence-electron chi connectivity index (χ2n) is 5.05. The van der Waals surface area contributed by atoms with Crippen LogP contribution in [-0.2, 0) is 0 Å². The number of nitrogens with zero attached hydrogens (tertiary/aromatic N) is 3. The summed E-state index contributed by atoms with van der Waals surface area (Å²) in [4.78, 5) is 0. The molecule has 0 saturated heterocycles. The number of aromatic nitrogens is 3. The molecule has 0 saturated carbocycles. The van der Waals surface area contributed by atoms with Crippen LogP contribution in [0.25, 0.3) is 11.3 Å². The molecule has 0 fully saturated rings. The van der Waals surface area contributed by atoms with E-state index in [1.54, 1.807) is 10.7 Å². The third-order valence-corrected chi connectivity index (χ3v) is 4.09. The number of rotatable bonds is 3. The summed E-state index contributed by atoms with van der Waals surface area (Å²) in [6, 6.07) is 12.9. The molecular weight excluding hydrogens is 319 g/mol. The molecule has 0 aliphatic heterocycles. The van der Waals surface area contributed by atoms with Gasteiger partial charge >= 0.3 is 0 Å². The van der Waals surface area contributed by atoms with E-state index in [9.17, 15) is 0 Å². The van der Waals surface area contributed by atoms with Gasteiger partial charge in [0.15, 0.2) is 0 Å². The molecule has 0 radical (unpaired) electrons. The Hall–Kier alpha value is -2.04. The zero-order valence-electron chi connectivity index (χ0n) is 11.9. The van der Waals surface area contributed by atoms with Gasteiger partial charge in [0.25, 0.3) is 0 Å². The molecular formula is C16H14Cl2N4. The van der Waals surface area contributed by atoms with Gasteiger partial charge in [-0.3, -0.25) is 0 Å². The average Bonchev–Trinajstić information content (AvgIpc) is 2.97. The van der Waals surface area contributed by atoms with Gasteiger partial charge in [-0.15, -0.1) is 5.10 Å². The predicted octanol–water partition coefficient (Wildman–Crippen LogP) is 4.44. The van der Waals surface area contributed by atoms with Crippen molar-refractivity contribution in [2.45, 2.75) is 13.0 Å². The largest absolute Gasteiger partial charge is 0.399 e. The Kier molecular flexibility index (Phi) is 4.05. The second-order valence-corrected chi connectivity index (χ2v) is 5.89. The van der Waals surface area contributed by atoms with Gasteiger partial charge in [-0.05, 0) is 36.8 Å². The fraction of sp³-hybridized carbons (Fsp3) is 0.125. The van der Waals surface area contributed by atoms with Crippen molar-refractivity contribution in [3.63, 3.8) is 0 Å². The van der Waals surface area contributed by atoms with Gasteiger partial charge in [-0.25, -0.2) is 4.68 Å². The Morgan fingerprint density at radius 2 is 1.82 bits per heavy atom. The lowest BCUT2D eigenvalue weighted by Crippen LogP contribution is -2.08. The van der Waals surface area contributed by atoms with Crippen molar-refractivity contribution in [3.05, 3.63) is 64.3 Å². The van der Waals surface area contributed by atoms with Crippen LogP contribution in [0, 0.1) is 0 Å². The molecule has 2 aromatic carbocycles. The molecule has 0 amide bonds. The van der Waals surface area contributed by atoms with Crippen molar-refractivity contribution in [2.24, 2.45) is 0 Å². The highest BCUT2D eigenvalue weighted by Crippen LogP contribution is 2.29. The van der Waals surface area contributed by atoms with Crippen LogP contribution in [0.15, 0.2) is 48.7 Å². The lowest BCUT2D eigenvalue weighted by atomic mass is 10.1. The smallest absolute Gasteiger partial charge is 0.113 e. The molecule has 1 unspecified atom stereocenters. The maximum atomic E-state index is 6.26. The average molecular weight is 333 g/mol. The molecule has 22 heavy (non-hydrogen) atoms. The van der Waals surface area contributed by atoms with Gasteiger partial charge in [-0.1, -0.05) is 46.6 Å². The summed E-state index contributed by atoms with van der Waals surface area (Å²) in [7, 11) is 0. The summed E-state index contributed by atoms with van der Waals surface area (Å²) < 4.78 is 1.78. The number of nitrogen functional groups attached to an aromatic ring is 1. The van der Waals surface area contributed by atoms with Crippen LogP contribution in [-0.4, -0.2) is 15.0 Å². The fourth-order valence-electron chi connectivity index (χ4n) is 2.23. The van der Waals surface area contributed by atoms with E-state index < -0.39 is 0 Å². The van der Waals surface area contributed by atoms with Gasteiger partial charge in [-0.2, -0.15) is 0 Å². The van der Waals surface area contributed by atoms with Crippen molar-refractivity contribution in [2.75, 3.05) is 5.73 Å². The summed E-state index contributed by atoms with van der Waals surface area (Å²) in [5.41, 5.74) is 9.12. The standard InChI is InChI=1S/C16H14Cl2N4/c1-10(14-7-4-12(17)8-15(14)18)22-9-16(20-21-22)11-2-5-13(19)6-3-11/h2-10H,19H2,1H3. The number of hydrogen-bond acceptors (Lipinski definition) is 3. The Labute approximate surface area is 138 Å². The molecule has 2 N–H and O–H groups in total. The minimum Gasteiger partial charge on any atom is -0.399 e. The molecule has 1 heterocycles. The summed E-state index contributed by atoms with van der Waals surface area (Å²) in [5, 5.41) is 9.64. The van der Waals surface area contributed by atoms with Crippen molar-refractivity contribution < 1.29 is 0 Å². The monoisotopic (exact) mass is 332 g/mol. The Bertz CT molecular complexity index is 796. The van der Waals surface area contributed by atoms with Gasteiger partial charge < -0.3 is 5.73 Å². The van der Waals surface area contributed by atoms with E-state index in [2.05, 4.69) is 10.3 Å². The van der Waals surface area contributed by atoms with Crippen molar-refractivity contribution in [3.8, 4) is 11.3 Å². The van der Waals surface area contributed by atoms with E-state index in [1.165, 1.54) is 0 Å². The van der Waals surface area contributed by atoms with Crippen LogP contribution in [0.3, 0.4) is 0 Å². The number of nitrogens with two attached hydrogens (primary N) is 1. The molecule has 6 heteroatoms. The van der Waals surface area contributed by atoms with E-state index in [1.807, 2.05) is 49.5 Å². The van der Waals surface area contributed by atoms with Crippen LogP contribution < -0.4 is 5.73 Å². The second kappa shape index (κ2) is 5.99. The minimum absolute atomic E-state index is 0.0419. The molecule has 1 atom stereocenters. The lowest BCUT2D eigenvalue weighted by molar-refractivity contribution is 0.543. The highest BCUT2D eigenvalue weighted by atomic mass is 35.5. The van der Waals surface area contributed by atoms with Crippen molar-refractivity contribution in [1.82, 2.24) is 15.0 Å². The zero-order valence-corrected chi connectivity index (χ0v) is 13.4. The molecule has 1 aromatic heterocycles. The number of benzene rings is 2. The molecule has 0 aliphatic rings. The van der Waals surface area contributed by atoms with E-state index in [4.69, 9.17) is 28.9 Å². The first kappa shape index (κ1) is 14.9. The third-order valence-electron chi connectivity index (χ3n) is 3.53. The summed E-state index contributed by atoms with van der Waals surface area (Å²) in [6.45, 7) is 2.01. The fourth-order valence-corrected chi connectivity index (χ4v) is 2.80. The van der Waals surface area contributed by atoms with Gasteiger partial charge in [0.2, 0.25) is 0 Å². The quantitative estimate of drug-likeness (QED) is 0.721. The number of hydrogen-bond donors (Lipinski definition) is 1. The molecule has 0 bridgehead atoms. The van der Waals surface area contributed by atoms with Crippen LogP contribution in [0.4, 0.5) is 5.69 Å². The van der Waals surface area contributed by atoms with Crippen molar-refractivity contribution >= 4 is 28.9 Å². The summed E-state index contributed by atoms with van der Waals surface area (Å²) in [6.07, 6.45) is 1.89. The maximum absolute atomic E-state index is 6.26. The Balaban J connectivity index is 1.91. The number of anilines is 1. The minimum atomic E-state index is -0.0419. The van der Waals surface area contributed by atoms with E-state index in [-0.39, 0.29) is 6.04 Å². The van der Waals surface area contributed by atoms with Crippen LogP contribution in [0.5, 0.6) is 0 Å². The van der Waals surface area contributed by atoms with E-state index in [0.717, 1.165) is 22.5 Å². The zero-order chi connectivity index (χ0) is 15.7. The van der Waals surface area contributed by atoms with Crippen LogP contribution in [0.1, 0.15) is 18.5 Å². The molecule has 4 nitrogen and oxygen atoms in total. The predicted molar refractivity (Wildman–Crippen MR) is 90.1 cm³/mol. The Morgan fingerprint density at radius 1 is 1.09 bits per heavy atom. The highest BCUT2D eigenvalue weighted by molar-refractivity contribution is 6.35. The maximum Gasteiger partial charge on any atom is 0.113 e. The lowest BCUT2D eigenvalue weighted by Gasteiger charge is -2.13. The highest BCUT2D eigenvalue weighted by Gasteiger charge is 2.14. The molecule has 3 rings (SSSR count). The normalized spacial score (nSPS) is 12.3. The molecule has 112 valence electrons. The first-order chi connectivity index (χ1) is 10.5. The van der Waals surface area contributed by atoms with Gasteiger partial charge in [0.1, 0.15) is 5.69 Å². The van der Waals surface area contributed by atoms with Crippen LogP contribution in [0.2, 0.25) is 10.0 Å². The topological polar surface area (TPSA) is 56.7 Å². The van der Waals surface area contributed by atoms with E-state index >= 15 is 0 Å². The van der Waals surface area contributed by atoms with Gasteiger partial charge in [0.05, 0.1) is 12.2 Å². The number of halogens is 2. The first-order valence-electron chi connectivity index (χ1n) is 6.77. The SMILES string of the molecule is CC(c1ccc(Cl)cc1Cl)n1cc(-c2ccc(N)cc2)nn1. The molecule has 0 spiro atoms. The Morgan fingerprint density at radius 3 is 2.50 bits per heavy atom. The van der Waals surface area contributed by atoms with E-state index in [0.29, 0.717) is 10.0 Å². The molecule has 0 aliphatic carbocycles. The summed E-state index contributed by atoms with van der Waals surface area (Å²) >= 11 is 12.2. The third kappa shape index (κ3) is 2.93. The van der Waals surface area contributed by atoms with Crippen LogP contribution >= 0.6 is 23.2 Å². The van der Waals surface area contributed by atoms with Crippen molar-refractivity contribution in [1.29, 1.82) is 0 Å².